The molecule has 0 spiro atoms. The average molecular weight is 375 g/mol. The first-order valence-electron chi connectivity index (χ1n) is 5.48. The monoisotopic (exact) mass is 374 g/mol. The largest absolute Gasteiger partial charge is 0.455 e. The molecule has 0 aliphatic rings. The molecule has 0 unspecified atom stereocenters. The lowest BCUT2D eigenvalue weighted by Crippen LogP contribution is -1.93. The molecule has 0 saturated carbocycles. The number of benzene rings is 2. The minimum Gasteiger partial charge on any atom is -0.455 e. The van der Waals surface area contributed by atoms with Crippen LogP contribution in [0.5, 0.6) is 11.5 Å². The van der Waals surface area contributed by atoms with E-state index in [2.05, 4.69) is 22.6 Å². The Labute approximate surface area is 125 Å². The van der Waals surface area contributed by atoms with Gasteiger partial charge in [-0.15, -0.1) is 0 Å². The number of hydrogen-bond acceptors (Lipinski definition) is 2. The molecule has 1 atom stereocenters. The summed E-state index contributed by atoms with van der Waals surface area (Å²) in [6.45, 7) is 1.70. The Hall–Kier alpha value is -0.780. The van der Waals surface area contributed by atoms with Gasteiger partial charge in [0.25, 0.3) is 0 Å². The van der Waals surface area contributed by atoms with Gasteiger partial charge in [0.2, 0.25) is 0 Å². The molecule has 0 bridgehead atoms. The van der Waals surface area contributed by atoms with Crippen LogP contribution in [0.3, 0.4) is 0 Å². The van der Waals surface area contributed by atoms with Crippen LogP contribution in [0.2, 0.25) is 5.02 Å². The Kier molecular flexibility index (Phi) is 4.48. The average Bonchev–Trinajstić information content (AvgIpc) is 2.34. The predicted molar refractivity (Wildman–Crippen MR) is 81.3 cm³/mol. The highest BCUT2D eigenvalue weighted by atomic mass is 127. The Morgan fingerprint density at radius 3 is 2.50 bits per heavy atom. The standard InChI is InChI=1S/C14H12ClIO2/c1-9(17)10-6-7-13(11(15)8-10)18-14-5-3-2-4-12(14)16/h2-9,17H,1H3/t9-/m0/s1. The maximum Gasteiger partial charge on any atom is 0.146 e. The van der Waals surface area contributed by atoms with Gasteiger partial charge in [0.15, 0.2) is 0 Å². The zero-order valence-electron chi connectivity index (χ0n) is 9.73. The number of aliphatic hydroxyl groups is 1. The zero-order chi connectivity index (χ0) is 13.1. The maximum atomic E-state index is 9.47. The van der Waals surface area contributed by atoms with Crippen molar-refractivity contribution in [2.75, 3.05) is 0 Å². The number of para-hydroxylation sites is 1. The van der Waals surface area contributed by atoms with Gasteiger partial charge in [-0.2, -0.15) is 0 Å². The molecule has 2 aromatic carbocycles. The molecule has 94 valence electrons. The van der Waals surface area contributed by atoms with Crippen molar-refractivity contribution in [1.29, 1.82) is 0 Å². The van der Waals surface area contributed by atoms with Gasteiger partial charge >= 0.3 is 0 Å². The molecule has 2 aromatic rings. The van der Waals surface area contributed by atoms with Crippen molar-refractivity contribution < 1.29 is 9.84 Å². The fourth-order valence-corrected chi connectivity index (χ4v) is 2.23. The summed E-state index contributed by atoms with van der Waals surface area (Å²) in [6.07, 6.45) is -0.534. The van der Waals surface area contributed by atoms with Crippen LogP contribution >= 0.6 is 34.2 Å². The minimum absolute atomic E-state index is 0.494. The van der Waals surface area contributed by atoms with Crippen LogP contribution in [-0.2, 0) is 0 Å². The predicted octanol–water partition coefficient (Wildman–Crippen LogP) is 4.79. The molecule has 2 rings (SSSR count). The molecule has 18 heavy (non-hydrogen) atoms. The first-order chi connectivity index (χ1) is 8.58. The third-order valence-electron chi connectivity index (χ3n) is 2.49. The van der Waals surface area contributed by atoms with E-state index in [4.69, 9.17) is 16.3 Å². The van der Waals surface area contributed by atoms with Gasteiger partial charge < -0.3 is 9.84 Å². The molecule has 0 aliphatic carbocycles. The second kappa shape index (κ2) is 5.91. The minimum atomic E-state index is -0.534. The van der Waals surface area contributed by atoms with Crippen LogP contribution in [0.1, 0.15) is 18.6 Å². The van der Waals surface area contributed by atoms with Crippen LogP contribution < -0.4 is 4.74 Å². The summed E-state index contributed by atoms with van der Waals surface area (Å²) in [5.41, 5.74) is 0.773. The van der Waals surface area contributed by atoms with Crippen LogP contribution in [0.4, 0.5) is 0 Å². The van der Waals surface area contributed by atoms with Gasteiger partial charge in [-0.05, 0) is 59.3 Å². The number of hydrogen-bond donors (Lipinski definition) is 1. The van der Waals surface area contributed by atoms with E-state index in [1.165, 1.54) is 0 Å². The van der Waals surface area contributed by atoms with E-state index in [1.807, 2.05) is 30.3 Å². The lowest BCUT2D eigenvalue weighted by molar-refractivity contribution is 0.199. The second-order valence-electron chi connectivity index (χ2n) is 3.90. The normalized spacial score (nSPS) is 12.2. The number of halogens is 2. The molecule has 0 fully saturated rings. The van der Waals surface area contributed by atoms with Crippen molar-refractivity contribution in [3.8, 4) is 11.5 Å². The van der Waals surface area contributed by atoms with Gasteiger partial charge in [0, 0.05) is 0 Å². The van der Waals surface area contributed by atoms with Crippen molar-refractivity contribution in [1.82, 2.24) is 0 Å². The highest BCUT2D eigenvalue weighted by Crippen LogP contribution is 2.33. The van der Waals surface area contributed by atoms with E-state index >= 15 is 0 Å². The third-order valence-corrected chi connectivity index (χ3v) is 3.68. The van der Waals surface area contributed by atoms with Crippen LogP contribution in [-0.4, -0.2) is 5.11 Å². The van der Waals surface area contributed by atoms with Gasteiger partial charge in [0.1, 0.15) is 11.5 Å². The summed E-state index contributed by atoms with van der Waals surface area (Å²) in [6, 6.07) is 13.0. The summed E-state index contributed by atoms with van der Waals surface area (Å²) >= 11 is 8.35. The fraction of sp³-hybridized carbons (Fsp3) is 0.143. The smallest absolute Gasteiger partial charge is 0.146 e. The second-order valence-corrected chi connectivity index (χ2v) is 5.47. The SMILES string of the molecule is C[C@H](O)c1ccc(Oc2ccccc2I)c(Cl)c1. The first kappa shape index (κ1) is 13.6. The van der Waals surface area contributed by atoms with Gasteiger partial charge in [-0.3, -0.25) is 0 Å². The Bertz CT molecular complexity index is 555. The van der Waals surface area contributed by atoms with Crippen molar-refractivity contribution >= 4 is 34.2 Å². The molecule has 0 heterocycles. The number of rotatable bonds is 3. The number of aliphatic hydroxyl groups excluding tert-OH is 1. The van der Waals surface area contributed by atoms with Crippen molar-refractivity contribution in [2.24, 2.45) is 0 Å². The topological polar surface area (TPSA) is 29.5 Å². The van der Waals surface area contributed by atoms with Gasteiger partial charge in [-0.1, -0.05) is 29.8 Å². The molecule has 0 saturated heterocycles. The van der Waals surface area contributed by atoms with E-state index in [0.29, 0.717) is 10.8 Å². The lowest BCUT2D eigenvalue weighted by Gasteiger charge is -2.11. The first-order valence-corrected chi connectivity index (χ1v) is 6.93. The molecule has 0 aromatic heterocycles. The summed E-state index contributed by atoms with van der Waals surface area (Å²) in [4.78, 5) is 0. The van der Waals surface area contributed by atoms with Crippen molar-refractivity contribution in [2.45, 2.75) is 13.0 Å². The zero-order valence-corrected chi connectivity index (χ0v) is 12.6. The van der Waals surface area contributed by atoms with E-state index in [9.17, 15) is 5.11 Å². The van der Waals surface area contributed by atoms with Crippen LogP contribution in [0.15, 0.2) is 42.5 Å². The molecular formula is C14H12ClIO2. The van der Waals surface area contributed by atoms with Crippen molar-refractivity contribution in [3.05, 3.63) is 56.6 Å². The molecule has 2 nitrogen and oxygen atoms in total. The van der Waals surface area contributed by atoms with Gasteiger partial charge in [0.05, 0.1) is 14.7 Å². The molecule has 0 aliphatic heterocycles. The summed E-state index contributed by atoms with van der Waals surface area (Å²) in [5, 5.41) is 9.97. The highest BCUT2D eigenvalue weighted by molar-refractivity contribution is 14.1. The molecule has 0 radical (unpaired) electrons. The summed E-state index contributed by atoms with van der Waals surface area (Å²) in [5.74, 6) is 1.36. The van der Waals surface area contributed by atoms with E-state index in [1.54, 1.807) is 19.1 Å². The lowest BCUT2D eigenvalue weighted by atomic mass is 10.1. The third kappa shape index (κ3) is 3.16. The highest BCUT2D eigenvalue weighted by Gasteiger charge is 2.08. The van der Waals surface area contributed by atoms with Crippen LogP contribution in [0.25, 0.3) is 0 Å². The summed E-state index contributed by atoms with van der Waals surface area (Å²) in [7, 11) is 0. The Morgan fingerprint density at radius 2 is 1.89 bits per heavy atom. The Morgan fingerprint density at radius 1 is 1.17 bits per heavy atom. The summed E-state index contributed by atoms with van der Waals surface area (Å²) < 4.78 is 6.77. The van der Waals surface area contributed by atoms with Crippen LogP contribution in [0, 0.1) is 3.57 Å². The number of ether oxygens (including phenoxy) is 1. The Balaban J connectivity index is 2.28. The van der Waals surface area contributed by atoms with Crippen molar-refractivity contribution in [3.63, 3.8) is 0 Å². The van der Waals surface area contributed by atoms with E-state index < -0.39 is 6.10 Å². The molecule has 1 N–H and O–H groups in total. The molecule has 0 amide bonds. The molecule has 4 heteroatoms. The van der Waals surface area contributed by atoms with E-state index in [-0.39, 0.29) is 0 Å². The maximum absolute atomic E-state index is 9.47. The molecular weight excluding hydrogens is 363 g/mol. The quantitative estimate of drug-likeness (QED) is 0.783. The van der Waals surface area contributed by atoms with Gasteiger partial charge in [-0.25, -0.2) is 0 Å². The van der Waals surface area contributed by atoms with E-state index in [0.717, 1.165) is 14.9 Å². The fourth-order valence-electron chi connectivity index (χ4n) is 1.51.